The lowest BCUT2D eigenvalue weighted by molar-refractivity contribution is 0.0946. The van der Waals surface area contributed by atoms with Crippen LogP contribution in [0.4, 0.5) is 0 Å². The van der Waals surface area contributed by atoms with Gasteiger partial charge in [0.25, 0.3) is 5.91 Å². The van der Waals surface area contributed by atoms with Crippen LogP contribution in [0.1, 0.15) is 50.4 Å². The molecule has 1 aromatic carbocycles. The first-order valence-corrected chi connectivity index (χ1v) is 8.63. The zero-order valence-electron chi connectivity index (χ0n) is 14.1. The lowest BCUT2D eigenvalue weighted by atomic mass is 10.1. The minimum Gasteiger partial charge on any atom is -0.351 e. The average Bonchev–Trinajstić information content (AvgIpc) is 2.48. The van der Waals surface area contributed by atoms with Gasteiger partial charge in [0.1, 0.15) is 0 Å². The van der Waals surface area contributed by atoms with Crippen molar-refractivity contribution in [1.29, 1.82) is 0 Å². The highest BCUT2D eigenvalue weighted by molar-refractivity contribution is 6.30. The van der Waals surface area contributed by atoms with Gasteiger partial charge in [-0.25, -0.2) is 0 Å². The van der Waals surface area contributed by atoms with Gasteiger partial charge in [0.15, 0.2) is 0 Å². The summed E-state index contributed by atoms with van der Waals surface area (Å²) in [5.74, 6) is 0.809. The monoisotopic (exact) mass is 324 g/mol. The van der Waals surface area contributed by atoms with E-state index in [9.17, 15) is 4.79 Å². The van der Waals surface area contributed by atoms with Crippen molar-refractivity contribution in [2.75, 3.05) is 26.2 Å². The van der Waals surface area contributed by atoms with E-state index in [1.54, 1.807) is 24.3 Å². The molecule has 2 rings (SSSR count). The minimum atomic E-state index is -0.0244. The number of nitrogens with zero attached hydrogens (tertiary/aromatic N) is 1. The van der Waals surface area contributed by atoms with Crippen molar-refractivity contribution < 1.29 is 4.79 Å². The number of halogens is 1. The van der Waals surface area contributed by atoms with Gasteiger partial charge in [-0.1, -0.05) is 38.8 Å². The molecule has 1 heterocycles. The topological polar surface area (TPSA) is 32.3 Å². The third-order valence-corrected chi connectivity index (χ3v) is 3.52. The summed E-state index contributed by atoms with van der Waals surface area (Å²) in [6.45, 7) is 10.5. The van der Waals surface area contributed by atoms with Gasteiger partial charge in [0.2, 0.25) is 0 Å². The van der Waals surface area contributed by atoms with Crippen LogP contribution >= 0.6 is 11.6 Å². The van der Waals surface area contributed by atoms with Crippen LogP contribution in [-0.4, -0.2) is 37.0 Å². The molecule has 0 atom stereocenters. The van der Waals surface area contributed by atoms with Crippen molar-refractivity contribution in [3.05, 3.63) is 34.9 Å². The second-order valence-electron chi connectivity index (χ2n) is 6.40. The summed E-state index contributed by atoms with van der Waals surface area (Å²) < 4.78 is 0. The largest absolute Gasteiger partial charge is 0.351 e. The molecular weight excluding hydrogens is 296 g/mol. The molecule has 124 valence electrons. The molecule has 3 nitrogen and oxygen atoms in total. The lowest BCUT2D eigenvalue weighted by Crippen LogP contribution is -2.37. The van der Waals surface area contributed by atoms with E-state index in [-0.39, 0.29) is 5.91 Å². The van der Waals surface area contributed by atoms with E-state index in [0.29, 0.717) is 17.1 Å². The summed E-state index contributed by atoms with van der Waals surface area (Å²) in [7, 11) is 0. The molecule has 0 aromatic heterocycles. The van der Waals surface area contributed by atoms with Crippen LogP contribution in [-0.2, 0) is 0 Å². The number of piperidine rings is 1. The number of benzene rings is 1. The van der Waals surface area contributed by atoms with Gasteiger partial charge >= 0.3 is 0 Å². The number of nitrogens with one attached hydrogen (secondary N) is 1. The molecule has 1 saturated heterocycles. The smallest absolute Gasteiger partial charge is 0.251 e. The van der Waals surface area contributed by atoms with Gasteiger partial charge < -0.3 is 10.2 Å². The molecule has 1 fully saturated rings. The maximum absolute atomic E-state index is 11.8. The third kappa shape index (κ3) is 8.40. The van der Waals surface area contributed by atoms with Crippen molar-refractivity contribution in [2.24, 2.45) is 5.92 Å². The number of amides is 1. The highest BCUT2D eigenvalue weighted by Gasteiger charge is 2.10. The first-order chi connectivity index (χ1) is 10.5. The summed E-state index contributed by atoms with van der Waals surface area (Å²) in [5, 5.41) is 3.59. The van der Waals surface area contributed by atoms with Crippen LogP contribution < -0.4 is 5.32 Å². The summed E-state index contributed by atoms with van der Waals surface area (Å²) in [5.41, 5.74) is 0.665. The standard InChI is InChI=1S/C14H19ClN2O.C4H10/c15-13-6-4-12(5-7-13)14(18)16-8-11-17-9-2-1-3-10-17;1-4(2)3/h4-7H,1-3,8-11H2,(H,16,18);4H,1-3H3. The van der Waals surface area contributed by atoms with E-state index in [1.165, 1.54) is 19.3 Å². The fourth-order valence-corrected chi connectivity index (χ4v) is 2.34. The second kappa shape index (κ2) is 10.6. The normalized spacial score (nSPS) is 15.1. The molecule has 22 heavy (non-hydrogen) atoms. The number of rotatable bonds is 4. The predicted octanol–water partition coefficient (Wildman–Crippen LogP) is 4.22. The van der Waals surface area contributed by atoms with Crippen LogP contribution in [0, 0.1) is 5.92 Å². The molecule has 0 aliphatic carbocycles. The fraction of sp³-hybridized carbons (Fsp3) is 0.611. The summed E-state index contributed by atoms with van der Waals surface area (Å²) in [6, 6.07) is 6.97. The molecule has 0 radical (unpaired) electrons. The van der Waals surface area contributed by atoms with Gasteiger partial charge in [-0.15, -0.1) is 0 Å². The fourth-order valence-electron chi connectivity index (χ4n) is 2.21. The Morgan fingerprint density at radius 3 is 2.23 bits per heavy atom. The van der Waals surface area contributed by atoms with E-state index in [0.717, 1.165) is 25.6 Å². The third-order valence-electron chi connectivity index (χ3n) is 3.27. The molecule has 1 aliphatic heterocycles. The van der Waals surface area contributed by atoms with Crippen molar-refractivity contribution in [3.8, 4) is 0 Å². The van der Waals surface area contributed by atoms with Crippen molar-refractivity contribution in [3.63, 3.8) is 0 Å². The van der Waals surface area contributed by atoms with Crippen LogP contribution in [0.25, 0.3) is 0 Å². The maximum atomic E-state index is 11.8. The average molecular weight is 325 g/mol. The molecule has 1 amide bonds. The molecule has 0 spiro atoms. The molecule has 1 N–H and O–H groups in total. The number of hydrogen-bond acceptors (Lipinski definition) is 2. The molecule has 0 unspecified atom stereocenters. The van der Waals surface area contributed by atoms with Gasteiger partial charge in [0, 0.05) is 23.7 Å². The van der Waals surface area contributed by atoms with Crippen LogP contribution in [0.5, 0.6) is 0 Å². The Labute approximate surface area is 140 Å². The Balaban J connectivity index is 0.000000541. The first-order valence-electron chi connectivity index (χ1n) is 8.25. The van der Waals surface area contributed by atoms with E-state index >= 15 is 0 Å². The quantitative estimate of drug-likeness (QED) is 0.899. The second-order valence-corrected chi connectivity index (χ2v) is 6.83. The Morgan fingerprint density at radius 1 is 1.14 bits per heavy atom. The van der Waals surface area contributed by atoms with Crippen LogP contribution in [0.15, 0.2) is 24.3 Å². The number of carbonyl (C=O) groups is 1. The van der Waals surface area contributed by atoms with Gasteiger partial charge in [-0.05, 0) is 56.1 Å². The number of likely N-dealkylation sites (tertiary alicyclic amines) is 1. The molecule has 0 saturated carbocycles. The summed E-state index contributed by atoms with van der Waals surface area (Å²) in [6.07, 6.45) is 3.91. The number of hydrogen-bond donors (Lipinski definition) is 1. The summed E-state index contributed by atoms with van der Waals surface area (Å²) >= 11 is 5.78. The lowest BCUT2D eigenvalue weighted by Gasteiger charge is -2.26. The number of carbonyl (C=O) groups excluding carboxylic acids is 1. The molecule has 0 bridgehead atoms. The maximum Gasteiger partial charge on any atom is 0.251 e. The first kappa shape index (κ1) is 19.0. The highest BCUT2D eigenvalue weighted by atomic mass is 35.5. The molecule has 1 aromatic rings. The van der Waals surface area contributed by atoms with Crippen LogP contribution in [0.2, 0.25) is 5.02 Å². The summed E-state index contributed by atoms with van der Waals surface area (Å²) in [4.78, 5) is 14.2. The molecular formula is C18H29ClN2O. The molecule has 1 aliphatic rings. The van der Waals surface area contributed by atoms with Crippen molar-refractivity contribution >= 4 is 17.5 Å². The molecule has 4 heteroatoms. The van der Waals surface area contributed by atoms with E-state index in [1.807, 2.05) is 0 Å². The zero-order chi connectivity index (χ0) is 16.4. The Hall–Kier alpha value is -1.06. The van der Waals surface area contributed by atoms with E-state index < -0.39 is 0 Å². The Kier molecular flexibility index (Phi) is 9.17. The van der Waals surface area contributed by atoms with Crippen molar-refractivity contribution in [1.82, 2.24) is 10.2 Å². The van der Waals surface area contributed by atoms with Crippen LogP contribution in [0.3, 0.4) is 0 Å². The zero-order valence-corrected chi connectivity index (χ0v) is 14.8. The highest BCUT2D eigenvalue weighted by Crippen LogP contribution is 2.09. The van der Waals surface area contributed by atoms with Crippen molar-refractivity contribution in [2.45, 2.75) is 40.0 Å². The predicted molar refractivity (Wildman–Crippen MR) is 94.6 cm³/mol. The van der Waals surface area contributed by atoms with Gasteiger partial charge in [-0.3, -0.25) is 4.79 Å². The van der Waals surface area contributed by atoms with E-state index in [2.05, 4.69) is 31.0 Å². The Morgan fingerprint density at radius 2 is 1.68 bits per heavy atom. The Bertz CT molecular complexity index is 422. The van der Waals surface area contributed by atoms with Gasteiger partial charge in [0.05, 0.1) is 0 Å². The SMILES string of the molecule is CC(C)C.O=C(NCCN1CCCCC1)c1ccc(Cl)cc1. The minimum absolute atomic E-state index is 0.0244. The van der Waals surface area contributed by atoms with Gasteiger partial charge in [-0.2, -0.15) is 0 Å². The van der Waals surface area contributed by atoms with E-state index in [4.69, 9.17) is 11.6 Å².